The molecule has 0 saturated carbocycles. The van der Waals surface area contributed by atoms with Crippen LogP contribution < -0.4 is 5.14 Å². The summed E-state index contributed by atoms with van der Waals surface area (Å²) < 4.78 is 22.6. The largest absolute Gasteiger partial charge is 0.325 e. The molecule has 0 aromatic carbocycles. The van der Waals surface area contributed by atoms with Crippen molar-refractivity contribution in [2.45, 2.75) is 31.9 Å². The number of hydrogen-bond acceptors (Lipinski definition) is 3. The van der Waals surface area contributed by atoms with Crippen molar-refractivity contribution in [1.82, 2.24) is 9.80 Å². The molecule has 0 radical (unpaired) electrons. The summed E-state index contributed by atoms with van der Waals surface area (Å²) in [5.41, 5.74) is 0. The van der Waals surface area contributed by atoms with Gasteiger partial charge in [0.2, 0.25) is 10.0 Å². The van der Waals surface area contributed by atoms with E-state index in [2.05, 4.69) is 0 Å². The van der Waals surface area contributed by atoms with Crippen molar-refractivity contribution in [1.29, 1.82) is 0 Å². The van der Waals surface area contributed by atoms with E-state index in [1.54, 1.807) is 9.80 Å². The number of nitrogens with zero attached hydrogens (tertiary/aromatic N) is 2. The molecule has 1 aliphatic rings. The van der Waals surface area contributed by atoms with Gasteiger partial charge in [-0.3, -0.25) is 0 Å². The van der Waals surface area contributed by atoms with Crippen LogP contribution in [0.3, 0.4) is 0 Å². The molecule has 100 valence electrons. The molecule has 1 unspecified atom stereocenters. The van der Waals surface area contributed by atoms with Crippen LogP contribution in [-0.4, -0.2) is 55.7 Å². The zero-order valence-corrected chi connectivity index (χ0v) is 11.2. The summed E-state index contributed by atoms with van der Waals surface area (Å²) in [5.74, 6) is 0. The standard InChI is InChI=1S/C10H21N3O3S/c1-3-12(4-2)10(14)13-7-5-6-9(8-13)17(11,15)16/h9H,3-8H2,1-2H3,(H2,11,15,16). The molecule has 0 aromatic heterocycles. The lowest BCUT2D eigenvalue weighted by atomic mass is 10.1. The third kappa shape index (κ3) is 3.57. The Hall–Kier alpha value is -0.820. The van der Waals surface area contributed by atoms with Gasteiger partial charge in [0.1, 0.15) is 0 Å². The first-order chi connectivity index (χ1) is 7.90. The smallest absolute Gasteiger partial charge is 0.320 e. The van der Waals surface area contributed by atoms with Gasteiger partial charge in [0, 0.05) is 26.2 Å². The molecule has 1 rings (SSSR count). The molecule has 2 amide bonds. The lowest BCUT2D eigenvalue weighted by molar-refractivity contribution is 0.148. The average molecular weight is 263 g/mol. The van der Waals surface area contributed by atoms with E-state index in [0.29, 0.717) is 32.5 Å². The van der Waals surface area contributed by atoms with Crippen molar-refractivity contribution in [3.63, 3.8) is 0 Å². The molecule has 2 N–H and O–H groups in total. The number of hydrogen-bond donors (Lipinski definition) is 1. The third-order valence-electron chi connectivity index (χ3n) is 3.15. The molecule has 1 fully saturated rings. The van der Waals surface area contributed by atoms with Crippen molar-refractivity contribution in [3.8, 4) is 0 Å². The molecule has 0 aromatic rings. The molecule has 6 nitrogen and oxygen atoms in total. The van der Waals surface area contributed by atoms with Gasteiger partial charge in [-0.15, -0.1) is 0 Å². The predicted molar refractivity (Wildman–Crippen MR) is 66.0 cm³/mol. The van der Waals surface area contributed by atoms with E-state index in [1.807, 2.05) is 13.8 Å². The Balaban J connectivity index is 2.70. The lowest BCUT2D eigenvalue weighted by Crippen LogP contribution is -2.51. The van der Waals surface area contributed by atoms with Crippen LogP contribution in [0.1, 0.15) is 26.7 Å². The van der Waals surface area contributed by atoms with Gasteiger partial charge in [0.15, 0.2) is 0 Å². The highest BCUT2D eigenvalue weighted by Gasteiger charge is 2.31. The number of likely N-dealkylation sites (tertiary alicyclic amines) is 1. The highest BCUT2D eigenvalue weighted by molar-refractivity contribution is 7.89. The monoisotopic (exact) mass is 263 g/mol. The molecular formula is C10H21N3O3S. The Bertz CT molecular complexity index is 365. The van der Waals surface area contributed by atoms with Crippen molar-refractivity contribution < 1.29 is 13.2 Å². The second-order valence-electron chi connectivity index (χ2n) is 4.25. The van der Waals surface area contributed by atoms with Crippen molar-refractivity contribution >= 4 is 16.1 Å². The van der Waals surface area contributed by atoms with Gasteiger partial charge in [0.05, 0.1) is 5.25 Å². The summed E-state index contributed by atoms with van der Waals surface area (Å²) in [6.07, 6.45) is 1.23. The lowest BCUT2D eigenvalue weighted by Gasteiger charge is -2.34. The minimum absolute atomic E-state index is 0.0941. The highest BCUT2D eigenvalue weighted by Crippen LogP contribution is 2.16. The van der Waals surface area contributed by atoms with Crippen molar-refractivity contribution in [2.75, 3.05) is 26.2 Å². The van der Waals surface area contributed by atoms with Gasteiger partial charge in [0.25, 0.3) is 0 Å². The summed E-state index contributed by atoms with van der Waals surface area (Å²) in [7, 11) is -3.54. The van der Waals surface area contributed by atoms with Crippen LogP contribution in [0.2, 0.25) is 0 Å². The van der Waals surface area contributed by atoms with Crippen LogP contribution in [0.4, 0.5) is 4.79 Å². The minimum Gasteiger partial charge on any atom is -0.325 e. The minimum atomic E-state index is -3.54. The van der Waals surface area contributed by atoms with E-state index in [4.69, 9.17) is 5.14 Å². The van der Waals surface area contributed by atoms with Crippen LogP contribution >= 0.6 is 0 Å². The maximum absolute atomic E-state index is 12.0. The number of primary sulfonamides is 1. The number of carbonyl (C=O) groups excluding carboxylic acids is 1. The zero-order chi connectivity index (χ0) is 13.1. The Labute approximate surface area is 103 Å². The highest BCUT2D eigenvalue weighted by atomic mass is 32.2. The summed E-state index contributed by atoms with van der Waals surface area (Å²) in [4.78, 5) is 15.3. The van der Waals surface area contributed by atoms with E-state index in [-0.39, 0.29) is 12.6 Å². The summed E-state index contributed by atoms with van der Waals surface area (Å²) in [6.45, 7) is 5.90. The number of urea groups is 1. The molecule has 1 heterocycles. The topological polar surface area (TPSA) is 83.7 Å². The second-order valence-corrected chi connectivity index (χ2v) is 6.10. The van der Waals surface area contributed by atoms with Gasteiger partial charge in [-0.1, -0.05) is 0 Å². The molecule has 0 aliphatic carbocycles. The van der Waals surface area contributed by atoms with Crippen LogP contribution in [0.25, 0.3) is 0 Å². The molecule has 1 atom stereocenters. The van der Waals surface area contributed by atoms with E-state index in [1.165, 1.54) is 0 Å². The van der Waals surface area contributed by atoms with Crippen LogP contribution in [0, 0.1) is 0 Å². The Morgan fingerprint density at radius 3 is 2.47 bits per heavy atom. The maximum Gasteiger partial charge on any atom is 0.320 e. The SMILES string of the molecule is CCN(CC)C(=O)N1CCCC(S(N)(=O)=O)C1. The third-order valence-corrected chi connectivity index (χ3v) is 4.46. The maximum atomic E-state index is 12.0. The fraction of sp³-hybridized carbons (Fsp3) is 0.900. The fourth-order valence-corrected chi connectivity index (χ4v) is 2.96. The second kappa shape index (κ2) is 5.68. The van der Waals surface area contributed by atoms with Gasteiger partial charge in [-0.05, 0) is 26.7 Å². The van der Waals surface area contributed by atoms with E-state index in [9.17, 15) is 13.2 Å². The predicted octanol–water partition coefficient (Wildman–Crippen LogP) is 0.201. The van der Waals surface area contributed by atoms with Crippen LogP contribution in [0.15, 0.2) is 0 Å². The molecule has 0 spiro atoms. The number of nitrogens with two attached hydrogens (primary N) is 1. The van der Waals surface area contributed by atoms with Crippen LogP contribution in [-0.2, 0) is 10.0 Å². The van der Waals surface area contributed by atoms with E-state index >= 15 is 0 Å². The first-order valence-corrected chi connectivity index (χ1v) is 7.56. The Morgan fingerprint density at radius 1 is 1.41 bits per heavy atom. The van der Waals surface area contributed by atoms with E-state index < -0.39 is 15.3 Å². The Morgan fingerprint density at radius 2 is 2.00 bits per heavy atom. The molecule has 7 heteroatoms. The first-order valence-electron chi connectivity index (χ1n) is 5.95. The molecule has 0 bridgehead atoms. The summed E-state index contributed by atoms with van der Waals surface area (Å²) in [6, 6.07) is -0.0941. The molecule has 1 saturated heterocycles. The van der Waals surface area contributed by atoms with Gasteiger partial charge >= 0.3 is 6.03 Å². The van der Waals surface area contributed by atoms with Crippen LogP contribution in [0.5, 0.6) is 0 Å². The fourth-order valence-electron chi connectivity index (χ4n) is 2.07. The van der Waals surface area contributed by atoms with Crippen molar-refractivity contribution in [2.24, 2.45) is 5.14 Å². The number of rotatable bonds is 3. The van der Waals surface area contributed by atoms with Gasteiger partial charge < -0.3 is 9.80 Å². The number of sulfonamides is 1. The van der Waals surface area contributed by atoms with Gasteiger partial charge in [-0.25, -0.2) is 18.4 Å². The number of amides is 2. The quantitative estimate of drug-likeness (QED) is 0.789. The number of carbonyl (C=O) groups is 1. The normalized spacial score (nSPS) is 21.4. The van der Waals surface area contributed by atoms with Gasteiger partial charge in [-0.2, -0.15) is 0 Å². The Kier molecular flexibility index (Phi) is 4.76. The number of piperidine rings is 1. The first kappa shape index (κ1) is 14.2. The summed E-state index contributed by atoms with van der Waals surface area (Å²) >= 11 is 0. The molecular weight excluding hydrogens is 242 g/mol. The molecule has 17 heavy (non-hydrogen) atoms. The average Bonchev–Trinajstić information content (AvgIpc) is 2.29. The zero-order valence-electron chi connectivity index (χ0n) is 10.4. The van der Waals surface area contributed by atoms with Crippen molar-refractivity contribution in [3.05, 3.63) is 0 Å². The summed E-state index contributed by atoms with van der Waals surface area (Å²) in [5, 5.41) is 4.52. The molecule has 1 aliphatic heterocycles. The van der Waals surface area contributed by atoms with E-state index in [0.717, 1.165) is 0 Å².